The molecule has 4 heteroatoms. The molecule has 3 atom stereocenters. The fourth-order valence-corrected chi connectivity index (χ4v) is 4.52. The minimum absolute atomic E-state index is 0.107. The SMILES string of the molecule is CCCN1C(Cc2ccccc2)C(=O)OC2c3cc(OC)ccc3CCC21. The quantitative estimate of drug-likeness (QED) is 0.753. The van der Waals surface area contributed by atoms with Crippen molar-refractivity contribution in [1.82, 2.24) is 4.90 Å². The van der Waals surface area contributed by atoms with E-state index in [-0.39, 0.29) is 24.2 Å². The summed E-state index contributed by atoms with van der Waals surface area (Å²) < 4.78 is 11.4. The second-order valence-corrected chi connectivity index (χ2v) is 7.47. The lowest BCUT2D eigenvalue weighted by atomic mass is 9.82. The summed E-state index contributed by atoms with van der Waals surface area (Å²) in [6.45, 7) is 3.08. The fraction of sp³-hybridized carbons (Fsp3) is 0.435. The predicted molar refractivity (Wildman–Crippen MR) is 105 cm³/mol. The van der Waals surface area contributed by atoms with Crippen LogP contribution in [-0.4, -0.2) is 36.6 Å². The van der Waals surface area contributed by atoms with Crippen LogP contribution in [0.2, 0.25) is 0 Å². The molecule has 27 heavy (non-hydrogen) atoms. The molecule has 1 fully saturated rings. The highest BCUT2D eigenvalue weighted by Crippen LogP contribution is 2.41. The number of aryl methyl sites for hydroxylation is 1. The molecule has 0 saturated carbocycles. The second-order valence-electron chi connectivity index (χ2n) is 7.47. The van der Waals surface area contributed by atoms with Gasteiger partial charge >= 0.3 is 5.97 Å². The zero-order valence-corrected chi connectivity index (χ0v) is 16.1. The minimum Gasteiger partial charge on any atom is -0.497 e. The average molecular weight is 365 g/mol. The van der Waals surface area contributed by atoms with Gasteiger partial charge in [-0.25, -0.2) is 0 Å². The molecule has 1 aliphatic carbocycles. The molecular weight excluding hydrogens is 338 g/mol. The Morgan fingerprint density at radius 3 is 2.74 bits per heavy atom. The topological polar surface area (TPSA) is 38.8 Å². The van der Waals surface area contributed by atoms with Gasteiger partial charge in [0.2, 0.25) is 0 Å². The van der Waals surface area contributed by atoms with Crippen molar-refractivity contribution in [2.24, 2.45) is 0 Å². The van der Waals surface area contributed by atoms with Crippen LogP contribution in [0.25, 0.3) is 0 Å². The molecule has 2 aliphatic rings. The van der Waals surface area contributed by atoms with Crippen LogP contribution in [0.15, 0.2) is 48.5 Å². The first-order valence-corrected chi connectivity index (χ1v) is 9.88. The molecule has 0 N–H and O–H groups in total. The van der Waals surface area contributed by atoms with E-state index < -0.39 is 0 Å². The van der Waals surface area contributed by atoms with E-state index in [1.165, 1.54) is 11.1 Å². The molecule has 0 spiro atoms. The Bertz CT molecular complexity index is 805. The number of benzene rings is 2. The van der Waals surface area contributed by atoms with Crippen molar-refractivity contribution in [1.29, 1.82) is 0 Å². The highest BCUT2D eigenvalue weighted by atomic mass is 16.6. The number of morpholine rings is 1. The number of rotatable bonds is 5. The number of hydrogen-bond acceptors (Lipinski definition) is 4. The summed E-state index contributed by atoms with van der Waals surface area (Å²) in [7, 11) is 1.67. The zero-order valence-electron chi connectivity index (χ0n) is 16.1. The monoisotopic (exact) mass is 365 g/mol. The zero-order chi connectivity index (χ0) is 18.8. The van der Waals surface area contributed by atoms with Crippen LogP contribution in [0.1, 0.15) is 42.6 Å². The normalized spacial score (nSPS) is 24.7. The number of carbonyl (C=O) groups is 1. The molecule has 0 bridgehead atoms. The third kappa shape index (κ3) is 3.46. The van der Waals surface area contributed by atoms with Crippen molar-refractivity contribution < 1.29 is 14.3 Å². The highest BCUT2D eigenvalue weighted by molar-refractivity contribution is 5.77. The van der Waals surface area contributed by atoms with E-state index in [2.05, 4.69) is 30.0 Å². The number of fused-ring (bicyclic) bond motifs is 3. The van der Waals surface area contributed by atoms with Crippen LogP contribution in [-0.2, 0) is 22.4 Å². The maximum Gasteiger partial charge on any atom is 0.324 e. The molecule has 3 unspecified atom stereocenters. The first-order chi connectivity index (χ1) is 13.2. The summed E-state index contributed by atoms with van der Waals surface area (Å²) in [5.41, 5.74) is 3.55. The van der Waals surface area contributed by atoms with E-state index >= 15 is 0 Å². The summed E-state index contributed by atoms with van der Waals surface area (Å²) in [5, 5.41) is 0. The van der Waals surface area contributed by atoms with Crippen LogP contribution in [0.3, 0.4) is 0 Å². The predicted octanol–water partition coefficient (Wildman–Crippen LogP) is 3.93. The van der Waals surface area contributed by atoms with E-state index in [0.29, 0.717) is 6.42 Å². The van der Waals surface area contributed by atoms with E-state index in [1.807, 2.05) is 30.3 Å². The van der Waals surface area contributed by atoms with Crippen molar-refractivity contribution in [2.75, 3.05) is 13.7 Å². The van der Waals surface area contributed by atoms with Gasteiger partial charge in [0, 0.05) is 5.56 Å². The van der Waals surface area contributed by atoms with Crippen molar-refractivity contribution in [3.05, 3.63) is 65.2 Å². The summed E-state index contributed by atoms with van der Waals surface area (Å²) >= 11 is 0. The maximum absolute atomic E-state index is 13.0. The smallest absolute Gasteiger partial charge is 0.324 e. The van der Waals surface area contributed by atoms with E-state index in [4.69, 9.17) is 9.47 Å². The second kappa shape index (κ2) is 7.73. The maximum atomic E-state index is 13.0. The molecule has 2 aromatic rings. The summed E-state index contributed by atoms with van der Waals surface area (Å²) in [4.78, 5) is 15.4. The molecular formula is C23H27NO3. The van der Waals surface area contributed by atoms with Crippen LogP contribution in [0.5, 0.6) is 5.75 Å². The molecule has 0 radical (unpaired) electrons. The Morgan fingerprint density at radius 2 is 2.00 bits per heavy atom. The molecule has 2 aromatic carbocycles. The van der Waals surface area contributed by atoms with Crippen molar-refractivity contribution in [3.63, 3.8) is 0 Å². The number of esters is 1. The Kier molecular flexibility index (Phi) is 5.17. The lowest BCUT2D eigenvalue weighted by Crippen LogP contribution is -2.58. The van der Waals surface area contributed by atoms with E-state index in [0.717, 1.165) is 37.1 Å². The molecule has 1 aliphatic heterocycles. The van der Waals surface area contributed by atoms with Gasteiger partial charge in [-0.15, -0.1) is 0 Å². The number of carbonyl (C=O) groups excluding carboxylic acids is 1. The molecule has 0 aromatic heterocycles. The van der Waals surface area contributed by atoms with Gasteiger partial charge in [-0.2, -0.15) is 0 Å². The third-order valence-corrected chi connectivity index (χ3v) is 5.81. The third-order valence-electron chi connectivity index (χ3n) is 5.81. The number of hydrogen-bond donors (Lipinski definition) is 0. The first-order valence-electron chi connectivity index (χ1n) is 9.88. The van der Waals surface area contributed by atoms with Gasteiger partial charge in [-0.05, 0) is 55.5 Å². The largest absolute Gasteiger partial charge is 0.497 e. The van der Waals surface area contributed by atoms with Gasteiger partial charge in [0.05, 0.1) is 13.2 Å². The van der Waals surface area contributed by atoms with Gasteiger partial charge in [-0.3, -0.25) is 9.69 Å². The van der Waals surface area contributed by atoms with Gasteiger partial charge in [0.15, 0.2) is 0 Å². The van der Waals surface area contributed by atoms with Crippen LogP contribution in [0.4, 0.5) is 0 Å². The summed E-state index contributed by atoms with van der Waals surface area (Å²) in [6.07, 6.45) is 3.55. The minimum atomic E-state index is -0.208. The van der Waals surface area contributed by atoms with Gasteiger partial charge in [0.25, 0.3) is 0 Å². The van der Waals surface area contributed by atoms with Gasteiger partial charge < -0.3 is 9.47 Å². The Balaban J connectivity index is 1.65. The van der Waals surface area contributed by atoms with E-state index in [1.54, 1.807) is 7.11 Å². The molecule has 1 heterocycles. The highest BCUT2D eigenvalue weighted by Gasteiger charge is 2.46. The van der Waals surface area contributed by atoms with Gasteiger partial charge in [0.1, 0.15) is 17.9 Å². The van der Waals surface area contributed by atoms with Crippen molar-refractivity contribution in [2.45, 2.75) is 50.8 Å². The lowest BCUT2D eigenvalue weighted by Gasteiger charge is -2.47. The number of ether oxygens (including phenoxy) is 2. The van der Waals surface area contributed by atoms with Crippen molar-refractivity contribution >= 4 is 5.97 Å². The van der Waals surface area contributed by atoms with Crippen LogP contribution < -0.4 is 4.74 Å². The standard InChI is InChI=1S/C23H27NO3/c1-3-13-24-20-12-10-17-9-11-18(26-2)15-19(17)22(20)27-23(25)21(24)14-16-7-5-4-6-8-16/h4-9,11,15,20-22H,3,10,12-14H2,1-2H3. The Labute approximate surface area is 161 Å². The number of methoxy groups -OCH3 is 1. The summed E-state index contributed by atoms with van der Waals surface area (Å²) in [5.74, 6) is 0.711. The fourth-order valence-electron chi connectivity index (χ4n) is 4.52. The summed E-state index contributed by atoms with van der Waals surface area (Å²) in [6, 6.07) is 16.4. The molecule has 142 valence electrons. The molecule has 1 saturated heterocycles. The molecule has 0 amide bonds. The van der Waals surface area contributed by atoms with E-state index in [9.17, 15) is 4.79 Å². The average Bonchev–Trinajstić information content (AvgIpc) is 2.71. The van der Waals surface area contributed by atoms with Gasteiger partial charge in [-0.1, -0.05) is 43.3 Å². The molecule has 4 nitrogen and oxygen atoms in total. The van der Waals surface area contributed by atoms with Crippen LogP contribution >= 0.6 is 0 Å². The lowest BCUT2D eigenvalue weighted by molar-refractivity contribution is -0.176. The molecule has 4 rings (SSSR count). The van der Waals surface area contributed by atoms with Crippen molar-refractivity contribution in [3.8, 4) is 5.75 Å². The Hall–Kier alpha value is -2.33. The van der Waals surface area contributed by atoms with Crippen LogP contribution in [0, 0.1) is 0 Å². The number of nitrogens with zero attached hydrogens (tertiary/aromatic N) is 1. The Morgan fingerprint density at radius 1 is 1.19 bits per heavy atom. The first kappa shape index (κ1) is 18.1.